The van der Waals surface area contributed by atoms with Gasteiger partial charge < -0.3 is 4.98 Å². The first-order valence-corrected chi connectivity index (χ1v) is 2.38. The molecule has 0 saturated carbocycles. The Balaban J connectivity index is 0.000000291. The Morgan fingerprint density at radius 2 is 2.33 bits per heavy atom. The van der Waals surface area contributed by atoms with E-state index in [1.807, 2.05) is 0 Å². The molecule has 0 bridgehead atoms. The largest absolute Gasteiger partial charge is 0.345 e. The van der Waals surface area contributed by atoms with Crippen molar-refractivity contribution in [1.82, 2.24) is 9.97 Å². The van der Waals surface area contributed by atoms with Crippen molar-refractivity contribution in [2.45, 2.75) is 0 Å². The van der Waals surface area contributed by atoms with Gasteiger partial charge >= 0.3 is 0 Å². The number of aromatic nitrogens is 2. The van der Waals surface area contributed by atoms with Crippen molar-refractivity contribution in [2.24, 2.45) is 11.7 Å². The van der Waals surface area contributed by atoms with E-state index in [1.165, 1.54) is 0 Å². The second-order valence-corrected chi connectivity index (χ2v) is 1.18. The molecule has 9 heavy (non-hydrogen) atoms. The molecule has 0 aliphatic rings. The fraction of sp³-hybridized carbons (Fsp3) is 0. The lowest BCUT2D eigenvalue weighted by atomic mass is 10.6. The second-order valence-electron chi connectivity index (χ2n) is 1.18. The summed E-state index contributed by atoms with van der Waals surface area (Å²) in [6.07, 6.45) is 5.12. The average Bonchev–Trinajstić information content (AvgIpc) is 2.43. The topological polar surface area (TPSA) is 80.7 Å². The van der Waals surface area contributed by atoms with Crippen LogP contribution in [0, 0.1) is 0 Å². The minimum atomic E-state index is 0.819. The molecule has 0 aliphatic heterocycles. The molecule has 1 aromatic rings. The number of nitrogens with zero attached hydrogens (tertiary/aromatic N) is 1. The number of H-pyrrole nitrogens is 1. The summed E-state index contributed by atoms with van der Waals surface area (Å²) >= 11 is 0. The predicted octanol–water partition coefficient (Wildman–Crippen LogP) is -0.128. The molecule has 0 amide bonds. The number of hydrazine groups is 1. The molecule has 0 spiro atoms. The van der Waals surface area contributed by atoms with Gasteiger partial charge in [-0.2, -0.15) is 0 Å². The van der Waals surface area contributed by atoms with Gasteiger partial charge in [0.2, 0.25) is 0 Å². The van der Waals surface area contributed by atoms with Crippen LogP contribution in [0.3, 0.4) is 0 Å². The van der Waals surface area contributed by atoms with E-state index in [2.05, 4.69) is 28.2 Å². The zero-order valence-electron chi connectivity index (χ0n) is 5.04. The first-order valence-electron chi connectivity index (χ1n) is 2.38. The SMILES string of the molecule is C=Cc1ncc[nH]1.NN. The van der Waals surface area contributed by atoms with Gasteiger partial charge in [0.25, 0.3) is 0 Å². The zero-order chi connectivity index (χ0) is 7.11. The summed E-state index contributed by atoms with van der Waals surface area (Å²) in [4.78, 5) is 6.72. The van der Waals surface area contributed by atoms with Crippen LogP contribution in [0.5, 0.6) is 0 Å². The van der Waals surface area contributed by atoms with Crippen molar-refractivity contribution in [1.29, 1.82) is 0 Å². The van der Waals surface area contributed by atoms with Crippen LogP contribution in [-0.4, -0.2) is 9.97 Å². The normalized spacial score (nSPS) is 7.33. The van der Waals surface area contributed by atoms with Crippen LogP contribution in [0.25, 0.3) is 6.08 Å². The number of aromatic amines is 1. The first kappa shape index (κ1) is 7.87. The van der Waals surface area contributed by atoms with Crippen LogP contribution in [0.2, 0.25) is 0 Å². The molecule has 5 N–H and O–H groups in total. The Hall–Kier alpha value is -1.13. The van der Waals surface area contributed by atoms with Crippen LogP contribution in [0.15, 0.2) is 19.0 Å². The summed E-state index contributed by atoms with van der Waals surface area (Å²) in [5.74, 6) is 8.82. The molecular weight excluding hydrogens is 116 g/mol. The van der Waals surface area contributed by atoms with E-state index in [1.54, 1.807) is 18.5 Å². The number of rotatable bonds is 1. The van der Waals surface area contributed by atoms with Gasteiger partial charge in [0.15, 0.2) is 0 Å². The number of hydrogen-bond acceptors (Lipinski definition) is 3. The number of nitrogens with one attached hydrogen (secondary N) is 1. The summed E-state index contributed by atoms with van der Waals surface area (Å²) < 4.78 is 0. The second kappa shape index (κ2) is 5.02. The van der Waals surface area contributed by atoms with Gasteiger partial charge in [-0.25, -0.2) is 4.98 Å². The molecule has 0 unspecified atom stereocenters. The Labute approximate surface area is 53.6 Å². The minimum absolute atomic E-state index is 0.819. The van der Waals surface area contributed by atoms with Crippen molar-refractivity contribution < 1.29 is 0 Å². The molecule has 0 fully saturated rings. The van der Waals surface area contributed by atoms with Gasteiger partial charge in [-0.3, -0.25) is 11.7 Å². The lowest BCUT2D eigenvalue weighted by Crippen LogP contribution is -2.02. The maximum Gasteiger partial charge on any atom is 0.129 e. The van der Waals surface area contributed by atoms with E-state index in [-0.39, 0.29) is 0 Å². The third-order valence-electron chi connectivity index (χ3n) is 0.713. The summed E-state index contributed by atoms with van der Waals surface area (Å²) in [7, 11) is 0. The molecule has 0 atom stereocenters. The van der Waals surface area contributed by atoms with E-state index in [4.69, 9.17) is 0 Å². The fourth-order valence-corrected chi connectivity index (χ4v) is 0.389. The van der Waals surface area contributed by atoms with Crippen molar-refractivity contribution in [3.8, 4) is 0 Å². The molecule has 1 aromatic heterocycles. The quantitative estimate of drug-likeness (QED) is 0.362. The van der Waals surface area contributed by atoms with Crippen molar-refractivity contribution >= 4 is 6.08 Å². The first-order chi connectivity index (χ1) is 4.43. The van der Waals surface area contributed by atoms with E-state index >= 15 is 0 Å². The van der Waals surface area contributed by atoms with Crippen molar-refractivity contribution in [3.05, 3.63) is 24.8 Å². The Bertz CT molecular complexity index is 144. The molecule has 0 saturated heterocycles. The summed E-state index contributed by atoms with van der Waals surface area (Å²) in [5.41, 5.74) is 0. The fourth-order valence-electron chi connectivity index (χ4n) is 0.389. The van der Waals surface area contributed by atoms with E-state index < -0.39 is 0 Å². The Kier molecular flexibility index (Phi) is 4.39. The lowest BCUT2D eigenvalue weighted by molar-refractivity contribution is 1.26. The van der Waals surface area contributed by atoms with Gasteiger partial charge in [-0.05, 0) is 6.08 Å². The smallest absolute Gasteiger partial charge is 0.129 e. The molecule has 0 aromatic carbocycles. The molecule has 4 nitrogen and oxygen atoms in total. The number of nitrogens with two attached hydrogens (primary N) is 2. The van der Waals surface area contributed by atoms with Crippen molar-refractivity contribution in [2.75, 3.05) is 0 Å². The van der Waals surface area contributed by atoms with Gasteiger partial charge in [-0.15, -0.1) is 0 Å². The molecule has 50 valence electrons. The van der Waals surface area contributed by atoms with Gasteiger partial charge in [-0.1, -0.05) is 6.58 Å². The van der Waals surface area contributed by atoms with Gasteiger partial charge in [0, 0.05) is 12.4 Å². The van der Waals surface area contributed by atoms with Crippen LogP contribution in [-0.2, 0) is 0 Å². The van der Waals surface area contributed by atoms with Crippen LogP contribution in [0.1, 0.15) is 5.82 Å². The molecule has 0 aliphatic carbocycles. The molecule has 1 heterocycles. The third kappa shape index (κ3) is 2.63. The molecule has 1 rings (SSSR count). The van der Waals surface area contributed by atoms with Crippen LogP contribution in [0.4, 0.5) is 0 Å². The summed E-state index contributed by atoms with van der Waals surface area (Å²) in [5, 5.41) is 0. The average molecular weight is 126 g/mol. The highest BCUT2D eigenvalue weighted by Gasteiger charge is 1.78. The van der Waals surface area contributed by atoms with E-state index in [0.29, 0.717) is 0 Å². The maximum absolute atomic E-state index is 4.00. The standard InChI is InChI=1S/C5H6N2.H4N2/c1-2-5-6-3-4-7-5;1-2/h2-4H,1H2,(H,6,7);1-2H2. The van der Waals surface area contributed by atoms with Gasteiger partial charge in [0.1, 0.15) is 5.82 Å². The highest BCUT2D eigenvalue weighted by Crippen LogP contribution is 1.85. The van der Waals surface area contributed by atoms with E-state index in [0.717, 1.165) is 5.82 Å². The molecule has 0 radical (unpaired) electrons. The zero-order valence-corrected chi connectivity index (χ0v) is 5.04. The van der Waals surface area contributed by atoms with Crippen LogP contribution >= 0.6 is 0 Å². The number of imidazole rings is 1. The Morgan fingerprint density at radius 3 is 2.56 bits per heavy atom. The maximum atomic E-state index is 4.00. The minimum Gasteiger partial charge on any atom is -0.345 e. The van der Waals surface area contributed by atoms with E-state index in [9.17, 15) is 0 Å². The Morgan fingerprint density at radius 1 is 1.67 bits per heavy atom. The predicted molar refractivity (Wildman–Crippen MR) is 37.1 cm³/mol. The highest BCUT2D eigenvalue weighted by molar-refractivity contribution is 5.34. The van der Waals surface area contributed by atoms with Crippen molar-refractivity contribution in [3.63, 3.8) is 0 Å². The summed E-state index contributed by atoms with van der Waals surface area (Å²) in [6, 6.07) is 0. The van der Waals surface area contributed by atoms with Gasteiger partial charge in [0.05, 0.1) is 0 Å². The third-order valence-corrected chi connectivity index (χ3v) is 0.713. The highest BCUT2D eigenvalue weighted by atomic mass is 15.0. The van der Waals surface area contributed by atoms with Crippen LogP contribution < -0.4 is 11.7 Å². The molecular formula is C5H10N4. The molecule has 4 heteroatoms. The number of hydrogen-bond donors (Lipinski definition) is 3. The lowest BCUT2D eigenvalue weighted by Gasteiger charge is -1.73. The summed E-state index contributed by atoms with van der Waals surface area (Å²) in [6.45, 7) is 3.51. The monoisotopic (exact) mass is 126 g/mol.